The normalized spacial score (nSPS) is 10.8. The number of pyridine rings is 1. The second-order valence-corrected chi connectivity index (χ2v) is 6.85. The van der Waals surface area contributed by atoms with E-state index in [-0.39, 0.29) is 23.7 Å². The number of rotatable bonds is 5. The summed E-state index contributed by atoms with van der Waals surface area (Å²) in [4.78, 5) is 38.9. The summed E-state index contributed by atoms with van der Waals surface area (Å²) in [6.45, 7) is 5.48. The molecule has 0 bridgehead atoms. The van der Waals surface area contributed by atoms with Crippen LogP contribution in [0.2, 0.25) is 0 Å². The molecule has 2 N–H and O–H groups in total. The van der Waals surface area contributed by atoms with E-state index in [9.17, 15) is 14.4 Å². The summed E-state index contributed by atoms with van der Waals surface area (Å²) in [6, 6.07) is 12.7. The highest BCUT2D eigenvalue weighted by molar-refractivity contribution is 5.97. The molecule has 0 atom stereocenters. The summed E-state index contributed by atoms with van der Waals surface area (Å²) in [7, 11) is 0. The molecule has 0 spiro atoms. The standard InChI is InChI=1S/C22H22N2O3/c1-13-9-14(2)19-12-17(22(27)24-20(19)10-13)7-8-21(26)23-18-6-4-5-16(11-18)15(3)25/h4-6,9-12H,7-8H2,1-3H3,(H,23,26)(H,24,27). The third-order valence-electron chi connectivity index (χ3n) is 4.56. The van der Waals surface area contributed by atoms with Gasteiger partial charge in [0.15, 0.2) is 5.78 Å². The first-order valence-corrected chi connectivity index (χ1v) is 8.87. The Bertz CT molecular complexity index is 1100. The lowest BCUT2D eigenvalue weighted by atomic mass is 10.0. The predicted molar refractivity (Wildman–Crippen MR) is 107 cm³/mol. The van der Waals surface area contributed by atoms with Gasteiger partial charge in [-0.3, -0.25) is 14.4 Å². The van der Waals surface area contributed by atoms with Crippen molar-refractivity contribution in [2.24, 2.45) is 0 Å². The molecule has 0 unspecified atom stereocenters. The van der Waals surface area contributed by atoms with Crippen molar-refractivity contribution >= 4 is 28.3 Å². The number of carbonyl (C=O) groups excluding carboxylic acids is 2. The SMILES string of the molecule is CC(=O)c1cccc(NC(=O)CCc2cc3c(C)cc(C)cc3[nH]c2=O)c1. The number of anilines is 1. The number of amides is 1. The minimum atomic E-state index is -0.198. The van der Waals surface area contributed by atoms with Crippen LogP contribution in [0.15, 0.2) is 47.3 Å². The quantitative estimate of drug-likeness (QED) is 0.675. The van der Waals surface area contributed by atoms with Gasteiger partial charge in [0.2, 0.25) is 5.91 Å². The Kier molecular flexibility index (Phi) is 5.21. The Hall–Kier alpha value is -3.21. The summed E-state index contributed by atoms with van der Waals surface area (Å²) in [5.74, 6) is -0.254. The molecule has 5 nitrogen and oxygen atoms in total. The van der Waals surface area contributed by atoms with E-state index in [1.807, 2.05) is 26.0 Å². The fraction of sp³-hybridized carbons (Fsp3) is 0.227. The Balaban J connectivity index is 1.73. The first-order valence-electron chi connectivity index (χ1n) is 8.87. The van der Waals surface area contributed by atoms with Crippen LogP contribution < -0.4 is 10.9 Å². The van der Waals surface area contributed by atoms with Crippen molar-refractivity contribution in [2.45, 2.75) is 33.6 Å². The molecule has 2 aromatic carbocycles. The fourth-order valence-electron chi connectivity index (χ4n) is 3.19. The molecule has 138 valence electrons. The van der Waals surface area contributed by atoms with Crippen LogP contribution >= 0.6 is 0 Å². The Morgan fingerprint density at radius 2 is 1.85 bits per heavy atom. The molecule has 0 radical (unpaired) electrons. The molecule has 3 rings (SSSR count). The summed E-state index contributed by atoms with van der Waals surface area (Å²) in [5, 5.41) is 3.77. The third-order valence-corrected chi connectivity index (χ3v) is 4.56. The number of aromatic amines is 1. The lowest BCUT2D eigenvalue weighted by Gasteiger charge is -2.08. The van der Waals surface area contributed by atoms with E-state index in [1.54, 1.807) is 24.3 Å². The highest BCUT2D eigenvalue weighted by Crippen LogP contribution is 2.19. The van der Waals surface area contributed by atoms with E-state index >= 15 is 0 Å². The van der Waals surface area contributed by atoms with Crippen LogP contribution in [0.5, 0.6) is 0 Å². The molecule has 0 saturated carbocycles. The van der Waals surface area contributed by atoms with E-state index < -0.39 is 0 Å². The van der Waals surface area contributed by atoms with Crippen LogP contribution in [0.3, 0.4) is 0 Å². The molecule has 1 heterocycles. The lowest BCUT2D eigenvalue weighted by molar-refractivity contribution is -0.116. The van der Waals surface area contributed by atoms with Crippen LogP contribution in [-0.4, -0.2) is 16.7 Å². The van der Waals surface area contributed by atoms with E-state index in [2.05, 4.69) is 16.4 Å². The number of hydrogen-bond donors (Lipinski definition) is 2. The van der Waals surface area contributed by atoms with Crippen LogP contribution in [0.1, 0.15) is 40.4 Å². The third kappa shape index (κ3) is 4.31. The van der Waals surface area contributed by atoms with Gasteiger partial charge in [-0.1, -0.05) is 18.2 Å². The van der Waals surface area contributed by atoms with Crippen molar-refractivity contribution in [3.63, 3.8) is 0 Å². The molecular weight excluding hydrogens is 340 g/mol. The van der Waals surface area contributed by atoms with Gasteiger partial charge >= 0.3 is 0 Å². The number of fused-ring (bicyclic) bond motifs is 1. The first-order chi connectivity index (χ1) is 12.8. The molecule has 1 aromatic heterocycles. The number of aryl methyl sites for hydroxylation is 3. The molecule has 0 aliphatic heterocycles. The van der Waals surface area contributed by atoms with Crippen LogP contribution in [0.25, 0.3) is 10.9 Å². The van der Waals surface area contributed by atoms with E-state index in [0.29, 0.717) is 23.2 Å². The van der Waals surface area contributed by atoms with Gasteiger partial charge in [0.1, 0.15) is 0 Å². The topological polar surface area (TPSA) is 79.0 Å². The van der Waals surface area contributed by atoms with Gasteiger partial charge in [-0.15, -0.1) is 0 Å². The summed E-state index contributed by atoms with van der Waals surface area (Å²) < 4.78 is 0. The Labute approximate surface area is 157 Å². The molecule has 3 aromatic rings. The van der Waals surface area contributed by atoms with Crippen molar-refractivity contribution in [2.75, 3.05) is 5.32 Å². The molecule has 0 fully saturated rings. The van der Waals surface area contributed by atoms with Crippen LogP contribution in [0.4, 0.5) is 5.69 Å². The zero-order chi connectivity index (χ0) is 19.6. The molecule has 1 amide bonds. The summed E-state index contributed by atoms with van der Waals surface area (Å²) >= 11 is 0. The highest BCUT2D eigenvalue weighted by Gasteiger charge is 2.09. The van der Waals surface area contributed by atoms with Gasteiger partial charge in [0, 0.05) is 34.1 Å². The molecule has 0 aliphatic rings. The van der Waals surface area contributed by atoms with Crippen LogP contribution in [0, 0.1) is 13.8 Å². The zero-order valence-corrected chi connectivity index (χ0v) is 15.7. The second kappa shape index (κ2) is 7.58. The zero-order valence-electron chi connectivity index (χ0n) is 15.7. The van der Waals surface area contributed by atoms with E-state index in [0.717, 1.165) is 22.0 Å². The monoisotopic (exact) mass is 362 g/mol. The number of benzene rings is 2. The van der Waals surface area contributed by atoms with Gasteiger partial charge in [0.25, 0.3) is 5.56 Å². The highest BCUT2D eigenvalue weighted by atomic mass is 16.1. The summed E-state index contributed by atoms with van der Waals surface area (Å²) in [6.07, 6.45) is 0.528. The van der Waals surface area contributed by atoms with E-state index in [1.165, 1.54) is 6.92 Å². The van der Waals surface area contributed by atoms with Crippen molar-refractivity contribution in [1.29, 1.82) is 0 Å². The number of Topliss-reactive ketones (excluding diaryl/α,β-unsaturated/α-hetero) is 1. The number of nitrogens with one attached hydrogen (secondary N) is 2. The molecular formula is C22H22N2O3. The maximum atomic E-state index is 12.3. The van der Waals surface area contributed by atoms with Crippen molar-refractivity contribution in [1.82, 2.24) is 4.98 Å². The van der Waals surface area contributed by atoms with Crippen molar-refractivity contribution in [3.8, 4) is 0 Å². The minimum absolute atomic E-state index is 0.0561. The van der Waals surface area contributed by atoms with E-state index in [4.69, 9.17) is 0 Å². The number of carbonyl (C=O) groups is 2. The van der Waals surface area contributed by atoms with Gasteiger partial charge in [0.05, 0.1) is 0 Å². The molecule has 0 saturated heterocycles. The minimum Gasteiger partial charge on any atom is -0.326 e. The summed E-state index contributed by atoms with van der Waals surface area (Å²) in [5.41, 5.74) is 4.53. The Morgan fingerprint density at radius 3 is 2.59 bits per heavy atom. The van der Waals surface area contributed by atoms with Crippen LogP contribution in [-0.2, 0) is 11.2 Å². The van der Waals surface area contributed by atoms with Crippen molar-refractivity contribution < 1.29 is 9.59 Å². The first kappa shape index (κ1) is 18.6. The maximum absolute atomic E-state index is 12.3. The van der Waals surface area contributed by atoms with Gasteiger partial charge in [-0.05, 0) is 62.6 Å². The number of ketones is 1. The smallest absolute Gasteiger partial charge is 0.251 e. The molecule has 5 heteroatoms. The largest absolute Gasteiger partial charge is 0.326 e. The average Bonchev–Trinajstić information content (AvgIpc) is 2.60. The number of hydrogen-bond acceptors (Lipinski definition) is 3. The van der Waals surface area contributed by atoms with Gasteiger partial charge in [-0.25, -0.2) is 0 Å². The number of H-pyrrole nitrogens is 1. The number of aromatic nitrogens is 1. The lowest BCUT2D eigenvalue weighted by Crippen LogP contribution is -2.17. The predicted octanol–water partition coefficient (Wildman–Crippen LogP) is 3.92. The fourth-order valence-corrected chi connectivity index (χ4v) is 3.19. The van der Waals surface area contributed by atoms with Gasteiger partial charge in [-0.2, -0.15) is 0 Å². The second-order valence-electron chi connectivity index (χ2n) is 6.85. The molecule has 27 heavy (non-hydrogen) atoms. The van der Waals surface area contributed by atoms with Crippen molar-refractivity contribution in [3.05, 3.63) is 75.1 Å². The average molecular weight is 362 g/mol. The Morgan fingerprint density at radius 1 is 1.07 bits per heavy atom. The van der Waals surface area contributed by atoms with Gasteiger partial charge < -0.3 is 10.3 Å². The maximum Gasteiger partial charge on any atom is 0.251 e. The molecule has 0 aliphatic carbocycles.